The van der Waals surface area contributed by atoms with Gasteiger partial charge >= 0.3 is 12.4 Å². The molecule has 174 valence electrons. The van der Waals surface area contributed by atoms with Crippen molar-refractivity contribution in [3.8, 4) is 0 Å². The third kappa shape index (κ3) is 4.45. The van der Waals surface area contributed by atoms with Crippen LogP contribution < -0.4 is 5.48 Å². The molecule has 0 spiro atoms. The van der Waals surface area contributed by atoms with Gasteiger partial charge in [0.2, 0.25) is 0 Å². The minimum Gasteiger partial charge on any atom is -0.277 e. The van der Waals surface area contributed by atoms with E-state index in [1.54, 1.807) is 5.48 Å². The Hall–Kier alpha value is -1.54. The third-order valence-corrected chi connectivity index (χ3v) is 7.33. The highest BCUT2D eigenvalue weighted by Crippen LogP contribution is 2.57. The molecule has 0 bridgehead atoms. The first-order valence-corrected chi connectivity index (χ1v) is 10.6. The predicted molar refractivity (Wildman–Crippen MR) is 107 cm³/mol. The van der Waals surface area contributed by atoms with E-state index in [9.17, 15) is 35.5 Å². The Labute approximate surface area is 193 Å². The quantitative estimate of drug-likeness (QED) is 0.201. The molecule has 1 aromatic carbocycles. The summed E-state index contributed by atoms with van der Waals surface area (Å²) in [5.74, 6) is -2.33. The summed E-state index contributed by atoms with van der Waals surface area (Å²) in [6.45, 7) is 0. The first-order chi connectivity index (χ1) is 14.7. The second kappa shape index (κ2) is 8.67. The highest BCUT2D eigenvalue weighted by atomic mass is 35.5. The van der Waals surface area contributed by atoms with Crippen LogP contribution in [0, 0.1) is 5.82 Å². The maximum absolute atomic E-state index is 14.1. The molecule has 0 saturated heterocycles. The summed E-state index contributed by atoms with van der Waals surface area (Å²) in [6, 6.07) is 2.04. The molecule has 0 fully saturated rings. The molecule has 1 aliphatic rings. The van der Waals surface area contributed by atoms with E-state index in [1.165, 1.54) is 0 Å². The van der Waals surface area contributed by atoms with Gasteiger partial charge in [0.05, 0.1) is 33.3 Å². The molecule has 1 atom stereocenters. The summed E-state index contributed by atoms with van der Waals surface area (Å²) in [6.07, 6.45) is -10.8. The van der Waals surface area contributed by atoms with Gasteiger partial charge < -0.3 is 0 Å². The molecule has 1 amide bonds. The van der Waals surface area contributed by atoms with Crippen molar-refractivity contribution in [1.29, 1.82) is 0 Å². The number of nitrogens with zero attached hydrogens (tertiary/aromatic N) is 1. The van der Waals surface area contributed by atoms with Crippen LogP contribution in [0.2, 0.25) is 10.0 Å². The monoisotopic (exact) mass is 540 g/mol. The summed E-state index contributed by atoms with van der Waals surface area (Å²) in [7, 11) is 1.01. The van der Waals surface area contributed by atoms with Crippen LogP contribution in [0.1, 0.15) is 32.1 Å². The number of amides is 1. The fourth-order valence-electron chi connectivity index (χ4n) is 2.88. The maximum atomic E-state index is 14.1. The predicted octanol–water partition coefficient (Wildman–Crippen LogP) is 6.80. The fraction of sp³-hybridized carbons (Fsp3) is 0.294. The van der Waals surface area contributed by atoms with E-state index in [2.05, 4.69) is 9.24 Å². The minimum absolute atomic E-state index is 0.0407. The molecular weight excluding hydrogens is 532 g/mol. The number of halogens is 9. The number of carbonyl (C=O) groups excluding carboxylic acids is 1. The van der Waals surface area contributed by atoms with Crippen molar-refractivity contribution in [3.63, 3.8) is 0 Å². The zero-order valence-electron chi connectivity index (χ0n) is 15.4. The molecule has 1 aliphatic heterocycles. The average Bonchev–Trinajstić information content (AvgIpc) is 3.30. The third-order valence-electron chi connectivity index (χ3n) is 4.36. The van der Waals surface area contributed by atoms with Crippen LogP contribution in [0.4, 0.5) is 30.7 Å². The standard InChI is InChI=1S/C17H9Cl2F7N2O2S2/c1-30-27-14(29)13-7(16(21,22)23)4-11(31-13)10-5-15(32-28-10,17(24,25)26)6-2-8(18)12(20)9(19)3-6/h2-4H,5H2,1H3,(H,27,29). The van der Waals surface area contributed by atoms with E-state index in [0.29, 0.717) is 17.4 Å². The number of hydrogen-bond donors (Lipinski definition) is 1. The molecular formula is C17H9Cl2F7N2O2S2. The van der Waals surface area contributed by atoms with Crippen molar-refractivity contribution in [3.05, 3.63) is 54.9 Å². The number of nitrogens with one attached hydrogen (secondary N) is 1. The zero-order chi connectivity index (χ0) is 24.1. The Morgan fingerprint density at radius 2 is 1.75 bits per heavy atom. The lowest BCUT2D eigenvalue weighted by Gasteiger charge is -2.30. The molecule has 0 saturated carbocycles. The van der Waals surface area contributed by atoms with Crippen LogP contribution in [0.3, 0.4) is 0 Å². The normalized spacial score (nSPS) is 19.2. The van der Waals surface area contributed by atoms with E-state index in [0.717, 1.165) is 19.2 Å². The smallest absolute Gasteiger partial charge is 0.277 e. The van der Waals surface area contributed by atoms with E-state index >= 15 is 0 Å². The van der Waals surface area contributed by atoms with Crippen molar-refractivity contribution >= 4 is 58.1 Å². The van der Waals surface area contributed by atoms with Gasteiger partial charge in [0.15, 0.2) is 10.6 Å². The highest BCUT2D eigenvalue weighted by Gasteiger charge is 2.60. The Kier molecular flexibility index (Phi) is 6.80. The van der Waals surface area contributed by atoms with Gasteiger partial charge in [0.25, 0.3) is 5.91 Å². The van der Waals surface area contributed by atoms with Crippen LogP contribution >= 0.6 is 46.5 Å². The lowest BCUT2D eigenvalue weighted by molar-refractivity contribution is -0.159. The lowest BCUT2D eigenvalue weighted by atomic mass is 9.91. The average molecular weight is 541 g/mol. The molecule has 32 heavy (non-hydrogen) atoms. The zero-order valence-corrected chi connectivity index (χ0v) is 18.6. The fourth-order valence-corrected chi connectivity index (χ4v) is 5.43. The number of benzene rings is 1. The Balaban J connectivity index is 2.07. The minimum atomic E-state index is -4.96. The Bertz CT molecular complexity index is 1080. The van der Waals surface area contributed by atoms with Gasteiger partial charge in [-0.1, -0.05) is 23.2 Å². The molecule has 0 radical (unpaired) electrons. The van der Waals surface area contributed by atoms with Crippen LogP contribution in [-0.4, -0.2) is 24.9 Å². The van der Waals surface area contributed by atoms with Crippen LogP contribution in [-0.2, 0) is 15.8 Å². The Morgan fingerprint density at radius 3 is 2.25 bits per heavy atom. The molecule has 15 heteroatoms. The summed E-state index contributed by atoms with van der Waals surface area (Å²) in [5.41, 5.74) is -0.462. The van der Waals surface area contributed by atoms with E-state index < -0.39 is 61.3 Å². The molecule has 1 unspecified atom stereocenters. The van der Waals surface area contributed by atoms with Gasteiger partial charge in [-0.15, -0.1) is 11.3 Å². The van der Waals surface area contributed by atoms with Gasteiger partial charge in [0.1, 0.15) is 4.88 Å². The number of hydroxylamine groups is 1. The van der Waals surface area contributed by atoms with Crippen molar-refractivity contribution < 1.29 is 40.4 Å². The lowest BCUT2D eigenvalue weighted by Crippen LogP contribution is -2.38. The number of thiophene rings is 1. The first-order valence-electron chi connectivity index (χ1n) is 8.23. The van der Waals surface area contributed by atoms with Crippen molar-refractivity contribution in [2.75, 3.05) is 7.11 Å². The van der Waals surface area contributed by atoms with E-state index in [1.807, 2.05) is 0 Å². The SMILES string of the molecule is CONC(=O)c1sc(C2=NSC(c3cc(Cl)c(F)c(Cl)c3)(C(F)(F)F)C2)cc1C(F)(F)F. The topological polar surface area (TPSA) is 50.7 Å². The summed E-state index contributed by atoms with van der Waals surface area (Å²) in [5, 5.41) is -1.31. The molecule has 1 N–H and O–H groups in total. The van der Waals surface area contributed by atoms with Crippen molar-refractivity contribution in [2.45, 2.75) is 23.5 Å². The summed E-state index contributed by atoms with van der Waals surface area (Å²) < 4.78 is 97.2. The number of alkyl halides is 6. The van der Waals surface area contributed by atoms with Crippen molar-refractivity contribution in [1.82, 2.24) is 5.48 Å². The largest absolute Gasteiger partial charge is 0.418 e. The van der Waals surface area contributed by atoms with E-state index in [4.69, 9.17) is 23.2 Å². The van der Waals surface area contributed by atoms with Crippen LogP contribution in [0.25, 0.3) is 0 Å². The van der Waals surface area contributed by atoms with Crippen molar-refractivity contribution in [2.24, 2.45) is 4.40 Å². The van der Waals surface area contributed by atoms with Gasteiger partial charge in [-0.3, -0.25) is 9.63 Å². The maximum Gasteiger partial charge on any atom is 0.418 e. The van der Waals surface area contributed by atoms with Gasteiger partial charge in [-0.25, -0.2) is 14.3 Å². The number of rotatable bonds is 4. The van der Waals surface area contributed by atoms with Gasteiger partial charge in [-0.05, 0) is 35.7 Å². The molecule has 3 rings (SSSR count). The molecule has 0 aliphatic carbocycles. The molecule has 2 aromatic rings. The summed E-state index contributed by atoms with van der Waals surface area (Å²) in [4.78, 5) is 15.2. The molecule has 1 aromatic heterocycles. The molecule has 4 nitrogen and oxygen atoms in total. The van der Waals surface area contributed by atoms with Gasteiger partial charge in [-0.2, -0.15) is 26.3 Å². The number of hydrogen-bond acceptors (Lipinski definition) is 5. The number of carbonyl (C=O) groups is 1. The van der Waals surface area contributed by atoms with Crippen LogP contribution in [0.15, 0.2) is 22.6 Å². The second-order valence-corrected chi connectivity index (χ2v) is 9.30. The summed E-state index contributed by atoms with van der Waals surface area (Å²) >= 11 is 11.7. The first kappa shape index (κ1) is 25.1. The molecule has 2 heterocycles. The highest BCUT2D eigenvalue weighted by molar-refractivity contribution is 7.99. The van der Waals surface area contributed by atoms with Gasteiger partial charge in [0, 0.05) is 6.42 Å². The second-order valence-electron chi connectivity index (χ2n) is 6.37. The van der Waals surface area contributed by atoms with E-state index in [-0.39, 0.29) is 22.5 Å². The Morgan fingerprint density at radius 1 is 1.16 bits per heavy atom. The van der Waals surface area contributed by atoms with Crippen LogP contribution in [0.5, 0.6) is 0 Å².